The van der Waals surface area contributed by atoms with Crippen molar-refractivity contribution in [2.45, 2.75) is 11.7 Å². The van der Waals surface area contributed by atoms with Crippen molar-refractivity contribution < 1.29 is 0 Å². The van der Waals surface area contributed by atoms with Crippen molar-refractivity contribution in [3.05, 3.63) is 36.1 Å². The molecular weight excluding hydrogens is 142 g/mol. The maximum atomic E-state index is 3.90. The molecule has 1 heterocycles. The quantitative estimate of drug-likeness (QED) is 0.531. The van der Waals surface area contributed by atoms with Gasteiger partial charge in [-0.2, -0.15) is 0 Å². The summed E-state index contributed by atoms with van der Waals surface area (Å²) in [4.78, 5) is 0. The van der Waals surface area contributed by atoms with Gasteiger partial charge in [0.05, 0.1) is 5.25 Å². The van der Waals surface area contributed by atoms with Gasteiger partial charge in [-0.15, -0.1) is 0 Å². The second kappa shape index (κ2) is 2.20. The summed E-state index contributed by atoms with van der Waals surface area (Å²) in [6, 6.07) is 0. The van der Waals surface area contributed by atoms with Crippen molar-refractivity contribution in [3.8, 4) is 0 Å². The second-order valence-electron chi connectivity index (χ2n) is 2.47. The van der Waals surface area contributed by atoms with E-state index in [4.69, 9.17) is 0 Å². The van der Waals surface area contributed by atoms with E-state index in [2.05, 4.69) is 29.5 Å². The first-order chi connectivity index (χ1) is 4.88. The summed E-state index contributed by atoms with van der Waals surface area (Å²) in [5, 5.41) is 0.623. The average molecular weight is 151 g/mol. The Kier molecular flexibility index (Phi) is 1.34. The molecule has 1 N–H and O–H groups in total. The monoisotopic (exact) mass is 151 g/mol. The van der Waals surface area contributed by atoms with Crippen LogP contribution >= 0.6 is 11.9 Å². The van der Waals surface area contributed by atoms with E-state index in [0.29, 0.717) is 5.25 Å². The minimum atomic E-state index is 0.623. The third-order valence-corrected chi connectivity index (χ3v) is 2.88. The van der Waals surface area contributed by atoms with Crippen LogP contribution in [0, 0.1) is 0 Å². The molecule has 0 spiro atoms. The molecule has 2 rings (SSSR count). The Labute approximate surface area is 65.0 Å². The van der Waals surface area contributed by atoms with Crippen molar-refractivity contribution >= 4 is 11.9 Å². The second-order valence-corrected chi connectivity index (χ2v) is 3.48. The lowest BCUT2D eigenvalue weighted by atomic mass is 10.0. The van der Waals surface area contributed by atoms with Crippen LogP contribution in [0.15, 0.2) is 36.1 Å². The summed E-state index contributed by atoms with van der Waals surface area (Å²) >= 11 is 1.77. The highest BCUT2D eigenvalue weighted by Crippen LogP contribution is 2.34. The molecule has 2 heteroatoms. The van der Waals surface area contributed by atoms with Gasteiger partial charge in [0.25, 0.3) is 0 Å². The smallest absolute Gasteiger partial charge is 0.0550 e. The van der Waals surface area contributed by atoms with Gasteiger partial charge in [-0.1, -0.05) is 24.8 Å². The Balaban J connectivity index is 2.33. The van der Waals surface area contributed by atoms with Crippen LogP contribution in [-0.4, -0.2) is 5.25 Å². The standard InChI is InChI=1S/C8H9NS/c1-6-7-4-2-3-5-8(7)10-9-6/h2-4,8-9H,1,5H2. The zero-order chi connectivity index (χ0) is 6.97. The Hall–Kier alpha value is -0.630. The van der Waals surface area contributed by atoms with Crippen molar-refractivity contribution in [1.82, 2.24) is 4.72 Å². The summed E-state index contributed by atoms with van der Waals surface area (Å²) in [6.07, 6.45) is 7.58. The van der Waals surface area contributed by atoms with Crippen molar-refractivity contribution in [2.75, 3.05) is 0 Å². The average Bonchev–Trinajstić information content (AvgIpc) is 2.34. The fourth-order valence-corrected chi connectivity index (χ4v) is 2.17. The van der Waals surface area contributed by atoms with E-state index in [0.717, 1.165) is 12.1 Å². The molecule has 1 nitrogen and oxygen atoms in total. The number of fused-ring (bicyclic) bond motifs is 1. The van der Waals surface area contributed by atoms with Crippen molar-refractivity contribution in [3.63, 3.8) is 0 Å². The highest BCUT2D eigenvalue weighted by Gasteiger charge is 2.24. The number of nitrogens with one attached hydrogen (secondary N) is 1. The molecule has 1 saturated heterocycles. The molecular formula is C8H9NS. The summed E-state index contributed by atoms with van der Waals surface area (Å²) in [6.45, 7) is 3.90. The van der Waals surface area contributed by atoms with Gasteiger partial charge in [0.2, 0.25) is 0 Å². The zero-order valence-electron chi connectivity index (χ0n) is 5.63. The molecule has 0 aromatic carbocycles. The summed E-state index contributed by atoms with van der Waals surface area (Å²) in [5.74, 6) is 0. The molecule has 1 aliphatic heterocycles. The molecule has 1 fully saturated rings. The van der Waals surface area contributed by atoms with E-state index in [1.165, 1.54) is 5.57 Å². The Bertz CT molecular complexity index is 227. The summed E-state index contributed by atoms with van der Waals surface area (Å²) in [5.41, 5.74) is 2.45. The minimum Gasteiger partial charge on any atom is -0.329 e. The van der Waals surface area contributed by atoms with E-state index in [-0.39, 0.29) is 0 Å². The van der Waals surface area contributed by atoms with Crippen LogP contribution in [0.2, 0.25) is 0 Å². The predicted octanol–water partition coefficient (Wildman–Crippen LogP) is 2.01. The maximum absolute atomic E-state index is 3.90. The molecule has 52 valence electrons. The predicted molar refractivity (Wildman–Crippen MR) is 45.5 cm³/mol. The van der Waals surface area contributed by atoms with Gasteiger partial charge in [-0.05, 0) is 23.9 Å². The molecule has 0 amide bonds. The SMILES string of the molecule is C=C1NSC2CC=CC=C12. The van der Waals surface area contributed by atoms with Crippen LogP contribution in [0.4, 0.5) is 0 Å². The number of hydrogen-bond acceptors (Lipinski definition) is 2. The van der Waals surface area contributed by atoms with E-state index in [9.17, 15) is 0 Å². The van der Waals surface area contributed by atoms with Crippen LogP contribution in [0.1, 0.15) is 6.42 Å². The Morgan fingerprint density at radius 3 is 3.40 bits per heavy atom. The highest BCUT2D eigenvalue weighted by atomic mass is 32.2. The van der Waals surface area contributed by atoms with Gasteiger partial charge < -0.3 is 4.72 Å². The van der Waals surface area contributed by atoms with Crippen LogP contribution in [-0.2, 0) is 0 Å². The van der Waals surface area contributed by atoms with Gasteiger partial charge >= 0.3 is 0 Å². The third-order valence-electron chi connectivity index (χ3n) is 1.78. The number of hydrogen-bond donors (Lipinski definition) is 1. The molecule has 0 bridgehead atoms. The van der Waals surface area contributed by atoms with Gasteiger partial charge in [0.1, 0.15) is 0 Å². The lowest BCUT2D eigenvalue weighted by molar-refractivity contribution is 1.01. The first-order valence-corrected chi connectivity index (χ1v) is 4.23. The van der Waals surface area contributed by atoms with Crippen LogP contribution in [0.5, 0.6) is 0 Å². The van der Waals surface area contributed by atoms with E-state index < -0.39 is 0 Å². The van der Waals surface area contributed by atoms with Crippen molar-refractivity contribution in [1.29, 1.82) is 0 Å². The molecule has 0 aromatic rings. The first-order valence-electron chi connectivity index (χ1n) is 3.35. The van der Waals surface area contributed by atoms with Gasteiger partial charge in [-0.3, -0.25) is 0 Å². The zero-order valence-corrected chi connectivity index (χ0v) is 6.45. The van der Waals surface area contributed by atoms with E-state index >= 15 is 0 Å². The van der Waals surface area contributed by atoms with Crippen molar-refractivity contribution in [2.24, 2.45) is 0 Å². The molecule has 1 atom stereocenters. The molecule has 0 radical (unpaired) electrons. The lowest BCUT2D eigenvalue weighted by Gasteiger charge is -2.08. The largest absolute Gasteiger partial charge is 0.329 e. The molecule has 0 aromatic heterocycles. The Morgan fingerprint density at radius 1 is 1.70 bits per heavy atom. The van der Waals surface area contributed by atoms with Crippen LogP contribution in [0.3, 0.4) is 0 Å². The summed E-state index contributed by atoms with van der Waals surface area (Å²) < 4.78 is 3.18. The fraction of sp³-hybridized carbons (Fsp3) is 0.250. The number of rotatable bonds is 0. The molecule has 10 heavy (non-hydrogen) atoms. The highest BCUT2D eigenvalue weighted by molar-refractivity contribution is 7.98. The summed E-state index contributed by atoms with van der Waals surface area (Å²) in [7, 11) is 0. The van der Waals surface area contributed by atoms with E-state index in [1.54, 1.807) is 11.9 Å². The van der Waals surface area contributed by atoms with Crippen LogP contribution in [0.25, 0.3) is 0 Å². The normalized spacial score (nSPS) is 29.4. The molecule has 0 saturated carbocycles. The van der Waals surface area contributed by atoms with Crippen LogP contribution < -0.4 is 4.72 Å². The third kappa shape index (κ3) is 0.797. The first kappa shape index (κ1) is 6.10. The minimum absolute atomic E-state index is 0.623. The Morgan fingerprint density at radius 2 is 2.60 bits per heavy atom. The number of allylic oxidation sites excluding steroid dienone is 4. The molecule has 1 unspecified atom stereocenters. The van der Waals surface area contributed by atoms with Gasteiger partial charge in [0, 0.05) is 5.70 Å². The van der Waals surface area contributed by atoms with Gasteiger partial charge in [0.15, 0.2) is 0 Å². The fourth-order valence-electron chi connectivity index (χ4n) is 1.22. The van der Waals surface area contributed by atoms with E-state index in [1.807, 2.05) is 0 Å². The molecule has 2 aliphatic rings. The topological polar surface area (TPSA) is 12.0 Å². The van der Waals surface area contributed by atoms with Gasteiger partial charge in [-0.25, -0.2) is 0 Å². The molecule has 1 aliphatic carbocycles. The maximum Gasteiger partial charge on any atom is 0.0550 e. The lowest BCUT2D eigenvalue weighted by Crippen LogP contribution is -2.01.